The molecule has 0 unspecified atom stereocenters. The number of benzene rings is 1. The van der Waals surface area contributed by atoms with E-state index in [4.69, 9.17) is 0 Å². The smallest absolute Gasteiger partial charge is 0.326 e. The number of anilines is 1. The van der Waals surface area contributed by atoms with Gasteiger partial charge in [-0.2, -0.15) is 13.2 Å². The van der Waals surface area contributed by atoms with E-state index in [1.54, 1.807) is 6.33 Å². The van der Waals surface area contributed by atoms with E-state index >= 15 is 0 Å². The van der Waals surface area contributed by atoms with Gasteiger partial charge in [0.25, 0.3) is 0 Å². The van der Waals surface area contributed by atoms with Crippen LogP contribution in [-0.2, 0) is 11.0 Å². The quantitative estimate of drug-likeness (QED) is 0.475. The second-order valence-corrected chi connectivity index (χ2v) is 9.48. The van der Waals surface area contributed by atoms with Crippen LogP contribution in [0.2, 0.25) is 0 Å². The fourth-order valence-corrected chi connectivity index (χ4v) is 6.40. The normalized spacial score (nSPS) is 20.8. The third kappa shape index (κ3) is 4.71. The minimum atomic E-state index is -4.43. The molecule has 1 N–H and O–H groups in total. The molecule has 4 rings (SSSR count). The van der Waals surface area contributed by atoms with Gasteiger partial charge in [0, 0.05) is 34.6 Å². The monoisotopic (exact) mass is 439 g/mol. The van der Waals surface area contributed by atoms with E-state index in [-0.39, 0.29) is 18.0 Å². The van der Waals surface area contributed by atoms with Crippen LogP contribution in [0.5, 0.6) is 0 Å². The van der Waals surface area contributed by atoms with Crippen LogP contribution in [0.15, 0.2) is 40.6 Å². The number of amides is 1. The van der Waals surface area contributed by atoms with Gasteiger partial charge >= 0.3 is 6.18 Å². The largest absolute Gasteiger partial charge is 0.416 e. The number of hydrogen-bond donors (Lipinski definition) is 1. The Morgan fingerprint density at radius 3 is 2.90 bits per heavy atom. The molecule has 29 heavy (non-hydrogen) atoms. The Morgan fingerprint density at radius 2 is 2.07 bits per heavy atom. The highest BCUT2D eigenvalue weighted by atomic mass is 32.2. The number of carbonyl (C=O) groups excluding carboxylic acids is 1. The lowest BCUT2D eigenvalue weighted by Crippen LogP contribution is -2.16. The predicted octanol–water partition coefficient (Wildman–Crippen LogP) is 5.75. The summed E-state index contributed by atoms with van der Waals surface area (Å²) in [5.41, 5.74) is 0.602. The molecular weight excluding hydrogens is 419 g/mol. The minimum Gasteiger partial charge on any atom is -0.326 e. The van der Waals surface area contributed by atoms with Crippen molar-refractivity contribution in [1.29, 1.82) is 0 Å². The number of rotatable bonds is 5. The first kappa shape index (κ1) is 20.5. The zero-order chi connectivity index (χ0) is 20.4. The van der Waals surface area contributed by atoms with Crippen molar-refractivity contribution in [2.45, 2.75) is 59.5 Å². The molecule has 1 fully saturated rings. The number of carbonyl (C=O) groups is 1. The molecule has 1 aromatic carbocycles. The van der Waals surface area contributed by atoms with Crippen LogP contribution in [0.3, 0.4) is 0 Å². The lowest BCUT2D eigenvalue weighted by atomic mass is 9.85. The molecule has 0 radical (unpaired) electrons. The Morgan fingerprint density at radius 1 is 1.24 bits per heavy atom. The Balaban J connectivity index is 1.35. The average Bonchev–Trinajstić information content (AvgIpc) is 3.07. The predicted molar refractivity (Wildman–Crippen MR) is 108 cm³/mol. The maximum atomic E-state index is 12.8. The van der Waals surface area contributed by atoms with Crippen LogP contribution in [0.1, 0.15) is 49.1 Å². The molecule has 2 heterocycles. The van der Waals surface area contributed by atoms with Gasteiger partial charge in [-0.1, -0.05) is 18.9 Å². The van der Waals surface area contributed by atoms with Crippen LogP contribution in [0, 0.1) is 0 Å². The first-order valence-electron chi connectivity index (χ1n) is 9.53. The molecule has 1 amide bonds. The Labute approximate surface area is 175 Å². The Hall–Kier alpha value is -1.74. The summed E-state index contributed by atoms with van der Waals surface area (Å²) < 4.78 is 38.4. The van der Waals surface area contributed by atoms with Crippen LogP contribution in [-0.4, -0.2) is 26.9 Å². The zero-order valence-corrected chi connectivity index (χ0v) is 17.2. The molecule has 2 atom stereocenters. The van der Waals surface area contributed by atoms with Crippen LogP contribution in [0.4, 0.5) is 18.9 Å². The SMILES string of the molecule is O=C(CCSc1ncnc2c1[C@@H]1CCCC[C@@H]1S2)Nc1cccc(C(F)(F)F)c1. The number of aromatic nitrogens is 2. The van der Waals surface area contributed by atoms with Crippen molar-refractivity contribution >= 4 is 35.1 Å². The number of nitrogens with zero attached hydrogens (tertiary/aromatic N) is 2. The standard InChI is InChI=1S/C20H20F3N3OS2/c21-20(22,23)12-4-3-5-13(10-12)26-16(27)8-9-28-18-17-14-6-1-2-7-15(14)29-19(17)25-11-24-18/h3-5,10-11,14-15H,1-2,6-9H2,(H,26,27)/t14-,15+/m1/s1. The van der Waals surface area contributed by atoms with E-state index in [9.17, 15) is 18.0 Å². The van der Waals surface area contributed by atoms with Crippen molar-refractivity contribution in [3.63, 3.8) is 0 Å². The maximum Gasteiger partial charge on any atom is 0.416 e. The summed E-state index contributed by atoms with van der Waals surface area (Å²) >= 11 is 3.37. The summed E-state index contributed by atoms with van der Waals surface area (Å²) in [5.74, 6) is 0.690. The summed E-state index contributed by atoms with van der Waals surface area (Å²) in [6.07, 6.45) is 2.18. The molecule has 9 heteroatoms. The van der Waals surface area contributed by atoms with Crippen molar-refractivity contribution < 1.29 is 18.0 Å². The molecule has 1 aliphatic heterocycles. The fraction of sp³-hybridized carbons (Fsp3) is 0.450. The van der Waals surface area contributed by atoms with Gasteiger partial charge in [-0.05, 0) is 31.0 Å². The molecule has 0 bridgehead atoms. The van der Waals surface area contributed by atoms with E-state index in [1.165, 1.54) is 48.7 Å². The molecular formula is C20H20F3N3OS2. The molecule has 4 nitrogen and oxygen atoms in total. The van der Waals surface area contributed by atoms with Crippen LogP contribution < -0.4 is 5.32 Å². The molecule has 154 valence electrons. The molecule has 1 saturated carbocycles. The van der Waals surface area contributed by atoms with E-state index in [2.05, 4.69) is 15.3 Å². The number of nitrogens with one attached hydrogen (secondary N) is 1. The number of halogens is 3. The van der Waals surface area contributed by atoms with Gasteiger partial charge in [0.1, 0.15) is 16.4 Å². The van der Waals surface area contributed by atoms with Crippen molar-refractivity contribution in [3.05, 3.63) is 41.7 Å². The van der Waals surface area contributed by atoms with Gasteiger partial charge in [0.15, 0.2) is 0 Å². The average molecular weight is 440 g/mol. The summed E-state index contributed by atoms with van der Waals surface area (Å²) in [7, 11) is 0. The fourth-order valence-electron chi connectivity index (χ4n) is 3.84. The van der Waals surface area contributed by atoms with E-state index in [0.29, 0.717) is 16.9 Å². The first-order chi connectivity index (χ1) is 13.9. The topological polar surface area (TPSA) is 54.9 Å². The highest BCUT2D eigenvalue weighted by molar-refractivity contribution is 8.00. The lowest BCUT2D eigenvalue weighted by Gasteiger charge is -2.24. The summed E-state index contributed by atoms with van der Waals surface area (Å²) in [5, 5.41) is 5.13. The van der Waals surface area contributed by atoms with E-state index in [0.717, 1.165) is 28.6 Å². The first-order valence-corrected chi connectivity index (χ1v) is 11.4. The number of fused-ring (bicyclic) bond motifs is 3. The molecule has 0 spiro atoms. The summed E-state index contributed by atoms with van der Waals surface area (Å²) in [6.45, 7) is 0. The minimum absolute atomic E-state index is 0.152. The Kier molecular flexibility index (Phi) is 6.06. The molecule has 2 aromatic rings. The number of alkyl halides is 3. The van der Waals surface area contributed by atoms with Crippen molar-refractivity contribution in [3.8, 4) is 0 Å². The van der Waals surface area contributed by atoms with Crippen molar-refractivity contribution in [2.24, 2.45) is 0 Å². The molecule has 2 aliphatic rings. The summed E-state index contributed by atoms with van der Waals surface area (Å²) in [6, 6.07) is 4.67. The lowest BCUT2D eigenvalue weighted by molar-refractivity contribution is -0.137. The van der Waals surface area contributed by atoms with Crippen LogP contribution in [0.25, 0.3) is 0 Å². The van der Waals surface area contributed by atoms with Crippen molar-refractivity contribution in [1.82, 2.24) is 9.97 Å². The summed E-state index contributed by atoms with van der Waals surface area (Å²) in [4.78, 5) is 21.1. The maximum absolute atomic E-state index is 12.8. The molecule has 0 saturated heterocycles. The van der Waals surface area contributed by atoms with Gasteiger partial charge in [-0.15, -0.1) is 23.5 Å². The van der Waals surface area contributed by atoms with Gasteiger partial charge in [-0.3, -0.25) is 4.79 Å². The highest BCUT2D eigenvalue weighted by Gasteiger charge is 2.38. The molecule has 1 aromatic heterocycles. The van der Waals surface area contributed by atoms with Gasteiger partial charge in [0.2, 0.25) is 5.91 Å². The Bertz CT molecular complexity index is 907. The van der Waals surface area contributed by atoms with E-state index < -0.39 is 11.7 Å². The van der Waals surface area contributed by atoms with Gasteiger partial charge < -0.3 is 5.32 Å². The van der Waals surface area contributed by atoms with Crippen molar-refractivity contribution in [2.75, 3.05) is 11.1 Å². The second kappa shape index (κ2) is 8.55. The second-order valence-electron chi connectivity index (χ2n) is 7.17. The number of hydrogen-bond acceptors (Lipinski definition) is 5. The molecule has 1 aliphatic carbocycles. The highest BCUT2D eigenvalue weighted by Crippen LogP contribution is 2.53. The van der Waals surface area contributed by atoms with Gasteiger partial charge in [-0.25, -0.2) is 9.97 Å². The third-order valence-electron chi connectivity index (χ3n) is 5.19. The third-order valence-corrected chi connectivity index (χ3v) is 7.61. The van der Waals surface area contributed by atoms with E-state index in [1.807, 2.05) is 11.8 Å². The van der Waals surface area contributed by atoms with Crippen LogP contribution >= 0.6 is 23.5 Å². The van der Waals surface area contributed by atoms with Gasteiger partial charge in [0.05, 0.1) is 5.56 Å². The number of thioether (sulfide) groups is 2. The zero-order valence-electron chi connectivity index (χ0n) is 15.5.